The Balaban J connectivity index is 2.88. The molecule has 1 heterocycles. The lowest BCUT2D eigenvalue weighted by atomic mass is 10.0. The monoisotopic (exact) mass is 201 g/mol. The second kappa shape index (κ2) is 3.35. The Labute approximate surface area is 87.4 Å². The van der Waals surface area contributed by atoms with E-state index in [0.29, 0.717) is 10.9 Å². The molecule has 0 atom stereocenters. The summed E-state index contributed by atoms with van der Waals surface area (Å²) in [5.74, 6) is -0.911. The number of fused-ring (bicyclic) bond motifs is 1. The van der Waals surface area contributed by atoms with Crippen molar-refractivity contribution >= 4 is 16.9 Å². The number of nitrogens with zero attached hydrogens (tertiary/aromatic N) is 1. The minimum absolute atomic E-state index is 0.308. The minimum atomic E-state index is -0.911. The lowest BCUT2D eigenvalue weighted by molar-refractivity contribution is 0.0699. The Morgan fingerprint density at radius 1 is 1.20 bits per heavy atom. The van der Waals surface area contributed by atoms with Crippen LogP contribution in [0.2, 0.25) is 0 Å². The molecular weight excluding hydrogens is 190 g/mol. The van der Waals surface area contributed by atoms with Crippen LogP contribution in [-0.2, 0) is 0 Å². The summed E-state index contributed by atoms with van der Waals surface area (Å²) in [6, 6.07) is 7.05. The number of aryl methyl sites for hydroxylation is 2. The first-order valence-corrected chi connectivity index (χ1v) is 4.70. The van der Waals surface area contributed by atoms with E-state index in [2.05, 4.69) is 4.98 Å². The highest BCUT2D eigenvalue weighted by Crippen LogP contribution is 2.21. The third-order valence-corrected chi connectivity index (χ3v) is 2.43. The Hall–Kier alpha value is -1.90. The summed E-state index contributed by atoms with van der Waals surface area (Å²) in [5.41, 5.74) is 2.98. The molecule has 0 aliphatic carbocycles. The van der Waals surface area contributed by atoms with Crippen LogP contribution < -0.4 is 0 Å². The van der Waals surface area contributed by atoms with E-state index < -0.39 is 5.97 Å². The molecule has 0 saturated carbocycles. The van der Waals surface area contributed by atoms with Crippen LogP contribution in [0, 0.1) is 13.8 Å². The zero-order valence-electron chi connectivity index (χ0n) is 8.61. The molecule has 0 aliphatic heterocycles. The van der Waals surface area contributed by atoms with E-state index in [4.69, 9.17) is 5.11 Å². The van der Waals surface area contributed by atoms with Gasteiger partial charge >= 0.3 is 5.97 Å². The van der Waals surface area contributed by atoms with Gasteiger partial charge in [-0.2, -0.15) is 0 Å². The molecule has 0 amide bonds. The van der Waals surface area contributed by atoms with Crippen molar-refractivity contribution in [2.75, 3.05) is 0 Å². The van der Waals surface area contributed by atoms with Gasteiger partial charge in [-0.3, -0.25) is 4.98 Å². The number of hydrogen-bond donors (Lipinski definition) is 1. The molecule has 3 heteroatoms. The molecule has 1 N–H and O–H groups in total. The summed E-state index contributed by atoms with van der Waals surface area (Å²) in [6.45, 7) is 3.83. The van der Waals surface area contributed by atoms with Gasteiger partial charge in [-0.25, -0.2) is 4.79 Å². The Morgan fingerprint density at radius 3 is 2.60 bits per heavy atom. The molecule has 0 unspecified atom stereocenters. The number of carboxylic acid groups (broad SMARTS) is 1. The summed E-state index contributed by atoms with van der Waals surface area (Å²) in [5, 5.41) is 9.72. The minimum Gasteiger partial charge on any atom is -0.478 e. The number of aromatic carboxylic acids is 1. The number of carbonyl (C=O) groups is 1. The van der Waals surface area contributed by atoms with Gasteiger partial charge in [0.15, 0.2) is 0 Å². The number of carboxylic acids is 1. The fraction of sp³-hybridized carbons (Fsp3) is 0.167. The zero-order chi connectivity index (χ0) is 11.0. The van der Waals surface area contributed by atoms with E-state index in [1.54, 1.807) is 12.1 Å². The second-order valence-corrected chi connectivity index (χ2v) is 3.58. The van der Waals surface area contributed by atoms with E-state index in [1.165, 1.54) is 0 Å². The van der Waals surface area contributed by atoms with Crippen LogP contribution >= 0.6 is 0 Å². The maximum atomic E-state index is 11.0. The van der Waals surface area contributed by atoms with Crippen molar-refractivity contribution in [2.45, 2.75) is 13.8 Å². The lowest BCUT2D eigenvalue weighted by Crippen LogP contribution is -1.99. The number of aromatic nitrogens is 1. The fourth-order valence-electron chi connectivity index (χ4n) is 1.64. The quantitative estimate of drug-likeness (QED) is 0.771. The first-order chi connectivity index (χ1) is 7.09. The summed E-state index contributed by atoms with van der Waals surface area (Å²) in [4.78, 5) is 15.3. The first kappa shape index (κ1) is 9.65. The number of benzene rings is 1. The summed E-state index contributed by atoms with van der Waals surface area (Å²) < 4.78 is 0. The maximum Gasteiger partial charge on any atom is 0.336 e. The van der Waals surface area contributed by atoms with Crippen molar-refractivity contribution < 1.29 is 9.90 Å². The van der Waals surface area contributed by atoms with E-state index >= 15 is 0 Å². The third kappa shape index (κ3) is 1.56. The average Bonchev–Trinajstić information content (AvgIpc) is 2.19. The van der Waals surface area contributed by atoms with E-state index in [1.807, 2.05) is 26.0 Å². The van der Waals surface area contributed by atoms with Crippen molar-refractivity contribution in [1.82, 2.24) is 4.98 Å². The van der Waals surface area contributed by atoms with Crippen molar-refractivity contribution in [3.8, 4) is 0 Å². The van der Waals surface area contributed by atoms with Gasteiger partial charge in [0.1, 0.15) is 0 Å². The van der Waals surface area contributed by atoms with Crippen molar-refractivity contribution in [2.24, 2.45) is 0 Å². The van der Waals surface area contributed by atoms with E-state index in [0.717, 1.165) is 16.8 Å². The molecule has 3 nitrogen and oxygen atoms in total. The van der Waals surface area contributed by atoms with Crippen LogP contribution in [0.1, 0.15) is 21.6 Å². The van der Waals surface area contributed by atoms with E-state index in [-0.39, 0.29) is 0 Å². The van der Waals surface area contributed by atoms with E-state index in [9.17, 15) is 4.79 Å². The molecule has 76 valence electrons. The van der Waals surface area contributed by atoms with Crippen LogP contribution in [0.5, 0.6) is 0 Å². The molecule has 0 spiro atoms. The number of hydrogen-bond acceptors (Lipinski definition) is 2. The molecular formula is C12H11NO2. The SMILES string of the molecule is Cc1ccc2c(C(=O)O)ccc(C)c2n1. The largest absolute Gasteiger partial charge is 0.478 e. The molecule has 0 bridgehead atoms. The summed E-state index contributed by atoms with van der Waals surface area (Å²) in [6.07, 6.45) is 0. The highest BCUT2D eigenvalue weighted by molar-refractivity contribution is 6.03. The van der Waals surface area contributed by atoms with Crippen LogP contribution in [0.25, 0.3) is 10.9 Å². The highest BCUT2D eigenvalue weighted by Gasteiger charge is 2.10. The van der Waals surface area contributed by atoms with Crippen LogP contribution in [0.15, 0.2) is 24.3 Å². The van der Waals surface area contributed by atoms with Crippen molar-refractivity contribution in [1.29, 1.82) is 0 Å². The Bertz CT molecular complexity index is 547. The normalized spacial score (nSPS) is 10.5. The van der Waals surface area contributed by atoms with Crippen molar-refractivity contribution in [3.63, 3.8) is 0 Å². The highest BCUT2D eigenvalue weighted by atomic mass is 16.4. The lowest BCUT2D eigenvalue weighted by Gasteiger charge is -2.05. The average molecular weight is 201 g/mol. The molecule has 0 saturated heterocycles. The number of pyridine rings is 1. The topological polar surface area (TPSA) is 50.2 Å². The van der Waals surface area contributed by atoms with Crippen LogP contribution in [0.4, 0.5) is 0 Å². The third-order valence-electron chi connectivity index (χ3n) is 2.43. The van der Waals surface area contributed by atoms with Gasteiger partial charge in [0, 0.05) is 11.1 Å². The van der Waals surface area contributed by atoms with Crippen LogP contribution in [-0.4, -0.2) is 16.1 Å². The second-order valence-electron chi connectivity index (χ2n) is 3.58. The number of rotatable bonds is 1. The summed E-state index contributed by atoms with van der Waals surface area (Å²) in [7, 11) is 0. The Morgan fingerprint density at radius 2 is 1.93 bits per heavy atom. The van der Waals surface area contributed by atoms with Gasteiger partial charge in [0.25, 0.3) is 0 Å². The zero-order valence-corrected chi connectivity index (χ0v) is 8.61. The van der Waals surface area contributed by atoms with Crippen LogP contribution in [0.3, 0.4) is 0 Å². The fourth-order valence-corrected chi connectivity index (χ4v) is 1.64. The molecule has 2 aromatic rings. The molecule has 2 rings (SSSR count). The first-order valence-electron chi connectivity index (χ1n) is 4.70. The van der Waals surface area contributed by atoms with Gasteiger partial charge in [0.2, 0.25) is 0 Å². The smallest absolute Gasteiger partial charge is 0.336 e. The Kier molecular flexibility index (Phi) is 2.15. The molecule has 0 radical (unpaired) electrons. The maximum absolute atomic E-state index is 11.0. The molecule has 15 heavy (non-hydrogen) atoms. The predicted octanol–water partition coefficient (Wildman–Crippen LogP) is 2.55. The van der Waals surface area contributed by atoms with Gasteiger partial charge in [-0.15, -0.1) is 0 Å². The summed E-state index contributed by atoms with van der Waals surface area (Å²) >= 11 is 0. The van der Waals surface area contributed by atoms with Gasteiger partial charge in [0.05, 0.1) is 11.1 Å². The standard InChI is InChI=1S/C12H11NO2/c1-7-3-5-10(12(14)15)9-6-4-8(2)13-11(7)9/h3-6H,1-2H3,(H,14,15). The van der Waals surface area contributed by atoms with Gasteiger partial charge in [-0.1, -0.05) is 12.1 Å². The molecule has 0 aliphatic rings. The molecule has 1 aromatic carbocycles. The van der Waals surface area contributed by atoms with Gasteiger partial charge < -0.3 is 5.11 Å². The van der Waals surface area contributed by atoms with Crippen molar-refractivity contribution in [3.05, 3.63) is 41.1 Å². The molecule has 0 fully saturated rings. The van der Waals surface area contributed by atoms with Gasteiger partial charge in [-0.05, 0) is 31.5 Å². The molecule has 1 aromatic heterocycles. The predicted molar refractivity (Wildman–Crippen MR) is 58.2 cm³/mol.